The Bertz CT molecular complexity index is 907. The fourth-order valence-electron chi connectivity index (χ4n) is 3.97. The van der Waals surface area contributed by atoms with Crippen molar-refractivity contribution in [3.8, 4) is 0 Å². The summed E-state index contributed by atoms with van der Waals surface area (Å²) in [5, 5.41) is 1.33. The van der Waals surface area contributed by atoms with Crippen molar-refractivity contribution >= 4 is 10.9 Å². The van der Waals surface area contributed by atoms with E-state index in [1.165, 1.54) is 34.9 Å². The van der Waals surface area contributed by atoms with Gasteiger partial charge >= 0.3 is 0 Å². The number of aromatic nitrogens is 1. The number of H-pyrrole nitrogens is 1. The molecule has 1 fully saturated rings. The van der Waals surface area contributed by atoms with Gasteiger partial charge in [0, 0.05) is 17.1 Å². The zero-order valence-corrected chi connectivity index (χ0v) is 14.8. The van der Waals surface area contributed by atoms with E-state index in [9.17, 15) is 0 Å². The molecule has 1 aromatic heterocycles. The molecule has 0 radical (unpaired) electrons. The predicted octanol–water partition coefficient (Wildman–Crippen LogP) is 6.38. The van der Waals surface area contributed by atoms with Crippen molar-refractivity contribution in [2.75, 3.05) is 0 Å². The number of para-hydroxylation sites is 1. The van der Waals surface area contributed by atoms with Crippen LogP contribution in [0.3, 0.4) is 0 Å². The third kappa shape index (κ3) is 2.86. The molecule has 1 heterocycles. The first-order chi connectivity index (χ1) is 12.4. The first kappa shape index (κ1) is 16.0. The van der Waals surface area contributed by atoms with Crippen LogP contribution in [0.25, 0.3) is 10.9 Å². The lowest BCUT2D eigenvalue weighted by molar-refractivity contribution is 0.561. The van der Waals surface area contributed by atoms with Crippen LogP contribution in [0.2, 0.25) is 0 Å². The molecule has 126 valence electrons. The molecule has 1 atom stereocenters. The number of aromatic amines is 1. The maximum atomic E-state index is 3.54. The second-order valence-electron chi connectivity index (χ2n) is 7.06. The number of nitrogens with one attached hydrogen (secondary N) is 1. The van der Waals surface area contributed by atoms with Gasteiger partial charge in [0.1, 0.15) is 0 Å². The highest BCUT2D eigenvalue weighted by atomic mass is 14.7. The summed E-state index contributed by atoms with van der Waals surface area (Å²) >= 11 is 0. The zero-order chi connectivity index (χ0) is 17.1. The predicted molar refractivity (Wildman–Crippen MR) is 106 cm³/mol. The smallest absolute Gasteiger partial charge is 0.0504 e. The minimum atomic E-state index is -0.0922. The highest BCUT2D eigenvalue weighted by Gasteiger charge is 2.47. The van der Waals surface area contributed by atoms with Crippen LogP contribution in [0.1, 0.15) is 43.7 Å². The molecule has 1 heteroatoms. The van der Waals surface area contributed by atoms with E-state index in [1.54, 1.807) is 0 Å². The fourth-order valence-corrected chi connectivity index (χ4v) is 3.97. The molecule has 4 rings (SSSR count). The molecule has 0 bridgehead atoms. The quantitative estimate of drug-likeness (QED) is 0.506. The lowest BCUT2D eigenvalue weighted by atomic mass is 9.70. The highest BCUT2D eigenvalue weighted by molar-refractivity contribution is 5.85. The topological polar surface area (TPSA) is 15.8 Å². The monoisotopic (exact) mass is 327 g/mol. The van der Waals surface area contributed by atoms with E-state index >= 15 is 0 Å². The minimum Gasteiger partial charge on any atom is -0.361 e. The largest absolute Gasteiger partial charge is 0.361 e. The number of rotatable bonds is 6. The van der Waals surface area contributed by atoms with Crippen molar-refractivity contribution in [1.29, 1.82) is 0 Å². The van der Waals surface area contributed by atoms with Crippen LogP contribution in [0.5, 0.6) is 0 Å². The molecular formula is C24H25N. The summed E-state index contributed by atoms with van der Waals surface area (Å²) in [6.07, 6.45) is 11.5. The molecule has 1 nitrogen and oxygen atoms in total. The van der Waals surface area contributed by atoms with Crippen molar-refractivity contribution in [3.63, 3.8) is 0 Å². The van der Waals surface area contributed by atoms with Gasteiger partial charge in [0.05, 0.1) is 5.41 Å². The van der Waals surface area contributed by atoms with Gasteiger partial charge in [-0.05, 0) is 54.5 Å². The summed E-state index contributed by atoms with van der Waals surface area (Å²) < 4.78 is 0. The maximum Gasteiger partial charge on any atom is 0.0504 e. The second kappa shape index (κ2) is 6.78. The highest BCUT2D eigenvalue weighted by Crippen LogP contribution is 2.53. The van der Waals surface area contributed by atoms with Crippen molar-refractivity contribution in [2.45, 2.75) is 38.0 Å². The van der Waals surface area contributed by atoms with E-state index in [2.05, 4.69) is 90.6 Å². The van der Waals surface area contributed by atoms with Crippen LogP contribution >= 0.6 is 0 Å². The summed E-state index contributed by atoms with van der Waals surface area (Å²) in [5.74, 6) is 0.650. The Balaban J connectivity index is 1.96. The Morgan fingerprint density at radius 1 is 1.08 bits per heavy atom. The molecule has 3 aromatic rings. The van der Waals surface area contributed by atoms with Gasteiger partial charge in [0.15, 0.2) is 0 Å². The van der Waals surface area contributed by atoms with Gasteiger partial charge in [0.2, 0.25) is 0 Å². The number of hydrogen-bond donors (Lipinski definition) is 1. The molecule has 0 saturated heterocycles. The first-order valence-electron chi connectivity index (χ1n) is 9.40. The maximum absolute atomic E-state index is 3.54. The SMILES string of the molecule is CCCC=C=CC(c1ccccc1)(c1c[nH]c2ccccc12)C1CC1. The van der Waals surface area contributed by atoms with Crippen LogP contribution in [-0.4, -0.2) is 4.98 Å². The van der Waals surface area contributed by atoms with E-state index in [-0.39, 0.29) is 5.41 Å². The van der Waals surface area contributed by atoms with Crippen LogP contribution < -0.4 is 0 Å². The molecule has 1 unspecified atom stereocenters. The first-order valence-corrected chi connectivity index (χ1v) is 9.40. The molecule has 1 saturated carbocycles. The molecule has 0 aliphatic heterocycles. The van der Waals surface area contributed by atoms with Gasteiger partial charge in [-0.3, -0.25) is 0 Å². The van der Waals surface area contributed by atoms with Crippen LogP contribution in [-0.2, 0) is 5.41 Å². The lowest BCUT2D eigenvalue weighted by Crippen LogP contribution is -2.27. The minimum absolute atomic E-state index is 0.0922. The molecule has 1 N–H and O–H groups in total. The summed E-state index contributed by atoms with van der Waals surface area (Å²) in [6, 6.07) is 19.6. The molecule has 1 aliphatic rings. The number of benzene rings is 2. The third-order valence-electron chi connectivity index (χ3n) is 5.37. The van der Waals surface area contributed by atoms with Crippen molar-refractivity contribution in [2.24, 2.45) is 5.92 Å². The normalized spacial score (nSPS) is 16.2. The van der Waals surface area contributed by atoms with E-state index in [4.69, 9.17) is 0 Å². The van der Waals surface area contributed by atoms with Crippen molar-refractivity contribution in [3.05, 3.63) is 89.8 Å². The van der Waals surface area contributed by atoms with E-state index in [1.807, 2.05) is 0 Å². The lowest BCUT2D eigenvalue weighted by Gasteiger charge is -2.31. The summed E-state index contributed by atoms with van der Waals surface area (Å²) in [6.45, 7) is 2.21. The number of allylic oxidation sites excluding steroid dienone is 1. The van der Waals surface area contributed by atoms with Gasteiger partial charge < -0.3 is 4.98 Å². The molecule has 1 aliphatic carbocycles. The van der Waals surface area contributed by atoms with Gasteiger partial charge in [-0.25, -0.2) is 0 Å². The van der Waals surface area contributed by atoms with Crippen LogP contribution in [0.4, 0.5) is 0 Å². The van der Waals surface area contributed by atoms with Gasteiger partial charge in [0.25, 0.3) is 0 Å². The number of unbranched alkanes of at least 4 members (excludes halogenated alkanes) is 1. The molecule has 0 spiro atoms. The number of fused-ring (bicyclic) bond motifs is 1. The Morgan fingerprint density at radius 3 is 2.60 bits per heavy atom. The van der Waals surface area contributed by atoms with E-state index in [0.717, 1.165) is 12.8 Å². The van der Waals surface area contributed by atoms with Crippen molar-refractivity contribution < 1.29 is 0 Å². The Kier molecular flexibility index (Phi) is 4.34. The Labute approximate surface area is 150 Å². The fraction of sp³-hybridized carbons (Fsp3) is 0.292. The molecule has 25 heavy (non-hydrogen) atoms. The summed E-state index contributed by atoms with van der Waals surface area (Å²) in [7, 11) is 0. The van der Waals surface area contributed by atoms with Gasteiger partial charge in [-0.1, -0.05) is 61.9 Å². The third-order valence-corrected chi connectivity index (χ3v) is 5.37. The van der Waals surface area contributed by atoms with Crippen LogP contribution in [0.15, 0.2) is 78.7 Å². The standard InChI is InChI=1S/C24H25N/c1-2-3-4-10-17-24(20-15-16-20,19-11-6-5-7-12-19)22-18-25-23-14-9-8-13-21(22)23/h4-9,11-14,17-18,20,25H,2-3,15-16H2,1H3. The van der Waals surface area contributed by atoms with Gasteiger partial charge in [-0.2, -0.15) is 0 Å². The summed E-state index contributed by atoms with van der Waals surface area (Å²) in [4.78, 5) is 3.49. The van der Waals surface area contributed by atoms with Crippen LogP contribution in [0, 0.1) is 5.92 Å². The molecular weight excluding hydrogens is 302 g/mol. The number of hydrogen-bond acceptors (Lipinski definition) is 0. The molecule has 2 aromatic carbocycles. The van der Waals surface area contributed by atoms with E-state index < -0.39 is 0 Å². The zero-order valence-electron chi connectivity index (χ0n) is 14.8. The molecule has 0 amide bonds. The van der Waals surface area contributed by atoms with Crippen molar-refractivity contribution in [1.82, 2.24) is 4.98 Å². The van der Waals surface area contributed by atoms with Gasteiger partial charge in [-0.15, -0.1) is 5.73 Å². The average Bonchev–Trinajstić information content (AvgIpc) is 3.43. The Hall–Kier alpha value is -2.50. The Morgan fingerprint density at radius 2 is 1.84 bits per heavy atom. The average molecular weight is 327 g/mol. The summed E-state index contributed by atoms with van der Waals surface area (Å²) in [5.41, 5.74) is 7.41. The second-order valence-corrected chi connectivity index (χ2v) is 7.06. The van der Waals surface area contributed by atoms with E-state index in [0.29, 0.717) is 5.92 Å².